The van der Waals surface area contributed by atoms with Gasteiger partial charge in [-0.1, -0.05) is 25.8 Å². The van der Waals surface area contributed by atoms with Gasteiger partial charge < -0.3 is 23.9 Å². The Labute approximate surface area is 231 Å². The van der Waals surface area contributed by atoms with Gasteiger partial charge in [-0.3, -0.25) is 9.69 Å². The van der Waals surface area contributed by atoms with Crippen molar-refractivity contribution in [3.8, 4) is 23.0 Å². The van der Waals surface area contributed by atoms with Gasteiger partial charge in [-0.15, -0.1) is 5.10 Å². The summed E-state index contributed by atoms with van der Waals surface area (Å²) in [5.74, 6) is 3.66. The highest BCUT2D eigenvalue weighted by Crippen LogP contribution is 2.37. The first-order chi connectivity index (χ1) is 19.7. The summed E-state index contributed by atoms with van der Waals surface area (Å²) in [7, 11) is 0. The Balaban J connectivity index is 1.26. The highest BCUT2D eigenvalue weighted by Gasteiger charge is 2.30. The number of benzene rings is 2. The van der Waals surface area contributed by atoms with Crippen molar-refractivity contribution in [3.05, 3.63) is 63.7 Å². The van der Waals surface area contributed by atoms with Crippen LogP contribution in [0.3, 0.4) is 0 Å². The Morgan fingerprint density at radius 2 is 1.75 bits per heavy atom. The van der Waals surface area contributed by atoms with E-state index in [9.17, 15) is 4.79 Å². The van der Waals surface area contributed by atoms with Crippen molar-refractivity contribution >= 4 is 10.9 Å². The number of nitrogens with one attached hydrogen (secondary N) is 1. The maximum absolute atomic E-state index is 13.4. The predicted octanol–water partition coefficient (Wildman–Crippen LogP) is 4.28. The molecule has 2 aromatic carbocycles. The van der Waals surface area contributed by atoms with E-state index >= 15 is 0 Å². The van der Waals surface area contributed by atoms with Gasteiger partial charge >= 0.3 is 0 Å². The van der Waals surface area contributed by atoms with E-state index in [1.807, 2.05) is 41.1 Å². The quantitative estimate of drug-likeness (QED) is 0.347. The van der Waals surface area contributed by atoms with E-state index in [-0.39, 0.29) is 18.4 Å². The number of fused-ring (bicyclic) bond motifs is 3. The van der Waals surface area contributed by atoms with E-state index in [0.717, 1.165) is 53.1 Å². The molecule has 40 heavy (non-hydrogen) atoms. The lowest BCUT2D eigenvalue weighted by molar-refractivity contribution is 0.157. The predicted molar refractivity (Wildman–Crippen MR) is 146 cm³/mol. The van der Waals surface area contributed by atoms with Crippen LogP contribution >= 0.6 is 0 Å². The fourth-order valence-corrected chi connectivity index (χ4v) is 6.11. The molecule has 1 aliphatic carbocycles. The van der Waals surface area contributed by atoms with Crippen LogP contribution in [0.25, 0.3) is 10.9 Å². The van der Waals surface area contributed by atoms with E-state index in [0.29, 0.717) is 49.4 Å². The van der Waals surface area contributed by atoms with Crippen LogP contribution in [0.5, 0.6) is 23.0 Å². The fraction of sp³-hybridized carbons (Fsp3) is 0.448. The molecule has 208 valence electrons. The molecule has 0 bridgehead atoms. The van der Waals surface area contributed by atoms with E-state index in [1.165, 1.54) is 12.8 Å². The molecule has 1 N–H and O–H groups in total. The molecule has 11 heteroatoms. The average Bonchev–Trinajstić information content (AvgIpc) is 3.75. The van der Waals surface area contributed by atoms with Crippen LogP contribution < -0.4 is 24.5 Å². The Morgan fingerprint density at radius 3 is 2.58 bits per heavy atom. The van der Waals surface area contributed by atoms with Gasteiger partial charge in [0.25, 0.3) is 5.56 Å². The third-order valence-electron chi connectivity index (χ3n) is 8.09. The second-order valence-electron chi connectivity index (χ2n) is 10.6. The molecule has 2 aliphatic heterocycles. The molecule has 7 rings (SSSR count). The van der Waals surface area contributed by atoms with Gasteiger partial charge in [0.15, 0.2) is 28.8 Å². The largest absolute Gasteiger partial charge is 0.486 e. The van der Waals surface area contributed by atoms with E-state index in [1.54, 1.807) is 0 Å². The summed E-state index contributed by atoms with van der Waals surface area (Å²) < 4.78 is 24.7. The molecule has 0 radical (unpaired) electrons. The molecule has 1 saturated carbocycles. The number of hydrogen-bond donors (Lipinski definition) is 1. The van der Waals surface area contributed by atoms with Crippen molar-refractivity contribution in [3.63, 3.8) is 0 Å². The van der Waals surface area contributed by atoms with E-state index < -0.39 is 0 Å². The Kier molecular flexibility index (Phi) is 6.51. The van der Waals surface area contributed by atoms with Crippen LogP contribution in [0, 0.1) is 0 Å². The summed E-state index contributed by atoms with van der Waals surface area (Å²) in [6, 6.07) is 11.9. The number of pyridine rings is 1. The number of aromatic amines is 1. The summed E-state index contributed by atoms with van der Waals surface area (Å²) in [5, 5.41) is 13.9. The summed E-state index contributed by atoms with van der Waals surface area (Å²) in [4.78, 5) is 18.7. The molecule has 3 aliphatic rings. The lowest BCUT2D eigenvalue weighted by Gasteiger charge is -2.31. The standard InChI is InChI=1S/C29H32N6O5/c1-2-23(28-31-32-33-35(28)21-5-3-4-6-21)34(15-18-7-8-24-25(11-18)40-17-39-24)16-20-12-19-13-26-27(38-10-9-37-26)14-22(19)30-29(20)36/h7-8,11-14,21,23H,2-6,9-10,15-17H2,1H3,(H,30,36). The molecule has 1 fully saturated rings. The van der Waals surface area contributed by atoms with Crippen molar-refractivity contribution in [2.24, 2.45) is 0 Å². The van der Waals surface area contributed by atoms with Gasteiger partial charge in [0.05, 0.1) is 17.6 Å². The third-order valence-corrected chi connectivity index (χ3v) is 8.09. The van der Waals surface area contributed by atoms with Crippen molar-refractivity contribution in [1.29, 1.82) is 0 Å². The summed E-state index contributed by atoms with van der Waals surface area (Å²) in [6.45, 7) is 4.34. The lowest BCUT2D eigenvalue weighted by Crippen LogP contribution is -2.32. The van der Waals surface area contributed by atoms with Gasteiger partial charge in [0.2, 0.25) is 6.79 Å². The summed E-state index contributed by atoms with van der Waals surface area (Å²) in [5.41, 5.74) is 2.30. The minimum absolute atomic E-state index is 0.101. The second kappa shape index (κ2) is 10.5. The average molecular weight is 545 g/mol. The zero-order chi connectivity index (χ0) is 27.1. The Hall–Kier alpha value is -4.12. The molecule has 4 aromatic rings. The molecular formula is C29H32N6O5. The first kappa shape index (κ1) is 24.9. The van der Waals surface area contributed by atoms with Crippen LogP contribution in [0.1, 0.15) is 68.1 Å². The van der Waals surface area contributed by atoms with E-state index in [4.69, 9.17) is 18.9 Å². The lowest BCUT2D eigenvalue weighted by atomic mass is 10.1. The first-order valence-corrected chi connectivity index (χ1v) is 14.0. The number of nitrogens with zero attached hydrogens (tertiary/aromatic N) is 5. The normalized spacial score (nSPS) is 17.1. The van der Waals surface area contributed by atoms with Gasteiger partial charge in [0, 0.05) is 30.1 Å². The summed E-state index contributed by atoms with van der Waals surface area (Å²) in [6.07, 6.45) is 5.31. The van der Waals surface area contributed by atoms with Crippen molar-refractivity contribution in [2.45, 2.75) is 64.2 Å². The minimum atomic E-state index is -0.134. The highest BCUT2D eigenvalue weighted by molar-refractivity contribution is 5.83. The monoisotopic (exact) mass is 544 g/mol. The molecule has 0 spiro atoms. The molecule has 1 atom stereocenters. The molecule has 11 nitrogen and oxygen atoms in total. The first-order valence-electron chi connectivity index (χ1n) is 14.0. The van der Waals surface area contributed by atoms with Crippen molar-refractivity contribution < 1.29 is 18.9 Å². The smallest absolute Gasteiger partial charge is 0.252 e. The molecule has 0 saturated heterocycles. The highest BCUT2D eigenvalue weighted by atomic mass is 16.7. The van der Waals surface area contributed by atoms with E-state index in [2.05, 4.69) is 32.3 Å². The topological polar surface area (TPSA) is 117 Å². The van der Waals surface area contributed by atoms with Crippen LogP contribution in [-0.2, 0) is 13.1 Å². The van der Waals surface area contributed by atoms with Gasteiger partial charge in [0.1, 0.15) is 13.2 Å². The maximum Gasteiger partial charge on any atom is 0.252 e. The maximum atomic E-state index is 13.4. The molecule has 2 aromatic heterocycles. The zero-order valence-electron chi connectivity index (χ0n) is 22.5. The van der Waals surface area contributed by atoms with Crippen LogP contribution in [0.15, 0.2) is 41.2 Å². The number of rotatable bonds is 8. The fourth-order valence-electron chi connectivity index (χ4n) is 6.11. The van der Waals surface area contributed by atoms with Crippen LogP contribution in [0.2, 0.25) is 0 Å². The second-order valence-corrected chi connectivity index (χ2v) is 10.6. The molecule has 0 amide bonds. The van der Waals surface area contributed by atoms with Gasteiger partial charge in [-0.25, -0.2) is 4.68 Å². The zero-order valence-corrected chi connectivity index (χ0v) is 22.5. The van der Waals surface area contributed by atoms with Crippen molar-refractivity contribution in [1.82, 2.24) is 30.1 Å². The Bertz CT molecular complexity index is 1590. The number of hydrogen-bond acceptors (Lipinski definition) is 9. The third kappa shape index (κ3) is 4.64. The number of ether oxygens (including phenoxy) is 4. The van der Waals surface area contributed by atoms with Gasteiger partial charge in [-0.05, 0) is 59.5 Å². The molecular weight excluding hydrogens is 512 g/mol. The molecule has 4 heterocycles. The van der Waals surface area contributed by atoms with Gasteiger partial charge in [-0.2, -0.15) is 0 Å². The van der Waals surface area contributed by atoms with Crippen LogP contribution in [0.4, 0.5) is 0 Å². The Morgan fingerprint density at radius 1 is 0.975 bits per heavy atom. The van der Waals surface area contributed by atoms with Crippen LogP contribution in [-0.4, -0.2) is 50.1 Å². The summed E-state index contributed by atoms with van der Waals surface area (Å²) >= 11 is 0. The number of aromatic nitrogens is 5. The molecule has 1 unspecified atom stereocenters. The minimum Gasteiger partial charge on any atom is -0.486 e. The number of tetrazole rings is 1. The van der Waals surface area contributed by atoms with Crippen molar-refractivity contribution in [2.75, 3.05) is 20.0 Å². The number of H-pyrrole nitrogens is 1. The SMILES string of the molecule is CCC(c1nnnn1C1CCCC1)N(Cc1ccc2c(c1)OCO2)Cc1cc2cc3c(cc2[nH]c1=O)OCCO3.